The molecule has 31 heavy (non-hydrogen) atoms. The van der Waals surface area contributed by atoms with Gasteiger partial charge in [-0.05, 0) is 48.6 Å². The Balaban J connectivity index is 1.52. The number of amides is 2. The number of hydrogen-bond acceptors (Lipinski definition) is 6. The molecule has 2 aromatic carbocycles. The van der Waals surface area contributed by atoms with Gasteiger partial charge in [-0.15, -0.1) is 0 Å². The lowest BCUT2D eigenvalue weighted by molar-refractivity contribution is -0.151. The molecule has 2 aromatic rings. The molecule has 0 saturated heterocycles. The predicted octanol–water partition coefficient (Wildman–Crippen LogP) is 1.60. The zero-order chi connectivity index (χ0) is 22.2. The maximum Gasteiger partial charge on any atom is 0.331 e. The SMILES string of the molecule is COc1ccc(C(NC(=O)COC(=O)C(CO)NC(=O)c2ccccc2)C2CC2)cc1. The van der Waals surface area contributed by atoms with Crippen molar-refractivity contribution in [2.75, 3.05) is 20.3 Å². The Bertz CT molecular complexity index is 896. The smallest absolute Gasteiger partial charge is 0.331 e. The number of ether oxygens (including phenoxy) is 2. The highest BCUT2D eigenvalue weighted by Gasteiger charge is 2.33. The fraction of sp³-hybridized carbons (Fsp3) is 0.348. The number of benzene rings is 2. The number of nitrogens with one attached hydrogen (secondary N) is 2. The molecule has 0 aliphatic heterocycles. The summed E-state index contributed by atoms with van der Waals surface area (Å²) in [5.74, 6) is -0.787. The Morgan fingerprint density at radius 3 is 2.29 bits per heavy atom. The second-order valence-corrected chi connectivity index (χ2v) is 7.34. The van der Waals surface area contributed by atoms with Crippen LogP contribution in [0.2, 0.25) is 0 Å². The predicted molar refractivity (Wildman–Crippen MR) is 112 cm³/mol. The van der Waals surface area contributed by atoms with Crippen molar-refractivity contribution >= 4 is 17.8 Å². The molecule has 8 nitrogen and oxygen atoms in total. The van der Waals surface area contributed by atoms with Crippen LogP contribution in [0.3, 0.4) is 0 Å². The summed E-state index contributed by atoms with van der Waals surface area (Å²) in [4.78, 5) is 36.8. The van der Waals surface area contributed by atoms with Crippen molar-refractivity contribution < 1.29 is 29.0 Å². The van der Waals surface area contributed by atoms with Crippen LogP contribution in [0.25, 0.3) is 0 Å². The quantitative estimate of drug-likeness (QED) is 0.497. The molecule has 1 fully saturated rings. The topological polar surface area (TPSA) is 114 Å². The minimum Gasteiger partial charge on any atom is -0.497 e. The molecule has 0 aromatic heterocycles. The zero-order valence-electron chi connectivity index (χ0n) is 17.2. The van der Waals surface area contributed by atoms with Crippen LogP contribution in [0.4, 0.5) is 0 Å². The molecule has 1 saturated carbocycles. The van der Waals surface area contributed by atoms with Gasteiger partial charge in [0.1, 0.15) is 5.75 Å². The van der Waals surface area contributed by atoms with E-state index in [1.165, 1.54) is 0 Å². The van der Waals surface area contributed by atoms with Gasteiger partial charge in [0.2, 0.25) is 0 Å². The third kappa shape index (κ3) is 6.29. The number of carbonyl (C=O) groups is 3. The molecule has 1 aliphatic rings. The fourth-order valence-corrected chi connectivity index (χ4v) is 3.18. The van der Waals surface area contributed by atoms with Crippen LogP contribution in [0.15, 0.2) is 54.6 Å². The van der Waals surface area contributed by atoms with E-state index in [1.807, 2.05) is 24.3 Å². The molecule has 1 aliphatic carbocycles. The first kappa shape index (κ1) is 22.3. The van der Waals surface area contributed by atoms with Crippen molar-refractivity contribution in [3.8, 4) is 5.75 Å². The highest BCUT2D eigenvalue weighted by atomic mass is 16.5. The molecule has 0 bridgehead atoms. The van der Waals surface area contributed by atoms with Gasteiger partial charge in [-0.3, -0.25) is 9.59 Å². The largest absolute Gasteiger partial charge is 0.497 e. The lowest BCUT2D eigenvalue weighted by Gasteiger charge is -2.20. The average Bonchev–Trinajstić information content (AvgIpc) is 3.65. The van der Waals surface area contributed by atoms with Crippen molar-refractivity contribution in [2.24, 2.45) is 5.92 Å². The summed E-state index contributed by atoms with van der Waals surface area (Å²) in [6, 6.07) is 14.3. The molecule has 164 valence electrons. The van der Waals surface area contributed by atoms with E-state index >= 15 is 0 Å². The molecule has 8 heteroatoms. The maximum atomic E-state index is 12.4. The van der Waals surface area contributed by atoms with Crippen molar-refractivity contribution in [1.82, 2.24) is 10.6 Å². The first-order chi connectivity index (χ1) is 15.0. The third-order valence-electron chi connectivity index (χ3n) is 5.04. The number of esters is 1. The van der Waals surface area contributed by atoms with E-state index in [1.54, 1.807) is 37.4 Å². The number of hydrogen-bond donors (Lipinski definition) is 3. The van der Waals surface area contributed by atoms with Gasteiger partial charge in [-0.2, -0.15) is 0 Å². The summed E-state index contributed by atoms with van der Waals surface area (Å²) in [5.41, 5.74) is 1.30. The van der Waals surface area contributed by atoms with E-state index < -0.39 is 37.0 Å². The van der Waals surface area contributed by atoms with Crippen LogP contribution in [-0.2, 0) is 14.3 Å². The molecule has 0 radical (unpaired) electrons. The third-order valence-corrected chi connectivity index (χ3v) is 5.04. The van der Waals surface area contributed by atoms with Crippen molar-refractivity contribution in [3.05, 3.63) is 65.7 Å². The standard InChI is InChI=1S/C23H26N2O6/c1-30-18-11-9-16(10-12-18)21(15-7-8-15)25-20(27)14-31-23(29)19(13-26)24-22(28)17-5-3-2-4-6-17/h2-6,9-12,15,19,21,26H,7-8,13-14H2,1H3,(H,24,28)(H,25,27). The fourth-order valence-electron chi connectivity index (χ4n) is 3.18. The van der Waals surface area contributed by atoms with Gasteiger partial charge in [0.25, 0.3) is 11.8 Å². The minimum atomic E-state index is -1.26. The average molecular weight is 426 g/mol. The lowest BCUT2D eigenvalue weighted by Crippen LogP contribution is -2.45. The van der Waals surface area contributed by atoms with Crippen LogP contribution >= 0.6 is 0 Å². The van der Waals surface area contributed by atoms with Crippen molar-refractivity contribution in [3.63, 3.8) is 0 Å². The first-order valence-electron chi connectivity index (χ1n) is 10.1. The number of methoxy groups -OCH3 is 1. The van der Waals surface area contributed by atoms with Crippen LogP contribution in [0, 0.1) is 5.92 Å². The van der Waals surface area contributed by atoms with Gasteiger partial charge in [-0.1, -0.05) is 30.3 Å². The zero-order valence-corrected chi connectivity index (χ0v) is 17.2. The molecule has 2 unspecified atom stereocenters. The minimum absolute atomic E-state index is 0.177. The highest BCUT2D eigenvalue weighted by Crippen LogP contribution is 2.41. The van der Waals surface area contributed by atoms with E-state index in [4.69, 9.17) is 9.47 Å². The van der Waals surface area contributed by atoms with E-state index in [9.17, 15) is 19.5 Å². The molecule has 2 atom stereocenters. The lowest BCUT2D eigenvalue weighted by atomic mass is 10.0. The number of rotatable bonds is 10. The Morgan fingerprint density at radius 1 is 1.03 bits per heavy atom. The Kier molecular flexibility index (Phi) is 7.61. The number of carbonyl (C=O) groups excluding carboxylic acids is 3. The summed E-state index contributed by atoms with van der Waals surface area (Å²) in [5, 5.41) is 14.8. The van der Waals surface area contributed by atoms with Crippen LogP contribution in [-0.4, -0.2) is 49.3 Å². The van der Waals surface area contributed by atoms with Crippen molar-refractivity contribution in [2.45, 2.75) is 24.9 Å². The Morgan fingerprint density at radius 2 is 1.71 bits per heavy atom. The summed E-state index contributed by atoms with van der Waals surface area (Å²) < 4.78 is 10.2. The van der Waals surface area contributed by atoms with Gasteiger partial charge < -0.3 is 25.2 Å². The number of aliphatic hydroxyl groups excluding tert-OH is 1. The van der Waals surface area contributed by atoms with Gasteiger partial charge in [-0.25, -0.2) is 4.79 Å². The van der Waals surface area contributed by atoms with E-state index in [-0.39, 0.29) is 6.04 Å². The summed E-state index contributed by atoms with van der Waals surface area (Å²) >= 11 is 0. The van der Waals surface area contributed by atoms with Crippen LogP contribution in [0.1, 0.15) is 34.8 Å². The van der Waals surface area contributed by atoms with Gasteiger partial charge in [0.05, 0.1) is 19.8 Å². The normalized spacial score (nSPS) is 14.8. The van der Waals surface area contributed by atoms with Gasteiger partial charge in [0, 0.05) is 5.56 Å². The Hall–Kier alpha value is -3.39. The van der Waals surface area contributed by atoms with Crippen LogP contribution < -0.4 is 15.4 Å². The molecule has 3 N–H and O–H groups in total. The van der Waals surface area contributed by atoms with Crippen LogP contribution in [0.5, 0.6) is 5.75 Å². The summed E-state index contributed by atoms with van der Waals surface area (Å²) in [7, 11) is 1.59. The first-order valence-corrected chi connectivity index (χ1v) is 10.1. The molecular formula is C23H26N2O6. The van der Waals surface area contributed by atoms with E-state index in [2.05, 4.69) is 10.6 Å². The number of aliphatic hydroxyl groups is 1. The van der Waals surface area contributed by atoms with Gasteiger partial charge >= 0.3 is 5.97 Å². The summed E-state index contributed by atoms with van der Waals surface area (Å²) in [6.07, 6.45) is 2.02. The van der Waals surface area contributed by atoms with Crippen molar-refractivity contribution in [1.29, 1.82) is 0 Å². The highest BCUT2D eigenvalue weighted by molar-refractivity contribution is 5.97. The Labute approximate surface area is 180 Å². The molecule has 0 heterocycles. The monoisotopic (exact) mass is 426 g/mol. The molecule has 0 spiro atoms. The second-order valence-electron chi connectivity index (χ2n) is 7.34. The van der Waals surface area contributed by atoms with Gasteiger partial charge in [0.15, 0.2) is 12.6 Å². The maximum absolute atomic E-state index is 12.4. The van der Waals surface area contributed by atoms with E-state index in [0.29, 0.717) is 11.5 Å². The molecule has 3 rings (SSSR count). The molecule has 2 amide bonds. The van der Waals surface area contributed by atoms with E-state index in [0.717, 1.165) is 24.2 Å². The second kappa shape index (κ2) is 10.6. The summed E-state index contributed by atoms with van der Waals surface area (Å²) in [6.45, 7) is -1.15. The molecular weight excluding hydrogens is 400 g/mol.